The quantitative estimate of drug-likeness (QED) is 0.635. The summed E-state index contributed by atoms with van der Waals surface area (Å²) in [7, 11) is 0. The molecule has 0 atom stereocenters. The van der Waals surface area contributed by atoms with E-state index in [4.69, 9.17) is 4.74 Å². The van der Waals surface area contributed by atoms with Gasteiger partial charge in [0.25, 0.3) is 5.91 Å². The Hall–Kier alpha value is -2.89. The first-order valence-corrected chi connectivity index (χ1v) is 11.3. The van der Waals surface area contributed by atoms with Gasteiger partial charge in [-0.1, -0.05) is 39.8 Å². The smallest absolute Gasteiger partial charge is 0.253 e. The van der Waals surface area contributed by atoms with Gasteiger partial charge in [-0.3, -0.25) is 9.59 Å². The van der Waals surface area contributed by atoms with Crippen LogP contribution in [0.2, 0.25) is 0 Å². The fourth-order valence-electron chi connectivity index (χ4n) is 3.87. The molecule has 1 saturated heterocycles. The topological polar surface area (TPSA) is 49.9 Å². The van der Waals surface area contributed by atoms with Gasteiger partial charge in [-0.2, -0.15) is 0 Å². The number of hydrogen-bond acceptors (Lipinski definition) is 3. The number of benzene rings is 2. The highest BCUT2D eigenvalue weighted by atomic mass is 19.1. The van der Waals surface area contributed by atoms with Crippen LogP contribution >= 0.6 is 0 Å². The van der Waals surface area contributed by atoms with E-state index in [1.54, 1.807) is 18.2 Å². The summed E-state index contributed by atoms with van der Waals surface area (Å²) in [5.41, 5.74) is 2.51. The van der Waals surface area contributed by atoms with Crippen molar-refractivity contribution in [3.8, 4) is 5.75 Å². The molecule has 0 aromatic heterocycles. The average molecular weight is 441 g/mol. The molecule has 172 valence electrons. The molecule has 1 heterocycles. The number of rotatable bonds is 7. The van der Waals surface area contributed by atoms with Crippen molar-refractivity contribution in [2.24, 2.45) is 11.8 Å². The van der Waals surface area contributed by atoms with Crippen molar-refractivity contribution < 1.29 is 18.7 Å². The second kappa shape index (κ2) is 10.6. The predicted molar refractivity (Wildman–Crippen MR) is 123 cm³/mol. The van der Waals surface area contributed by atoms with Crippen molar-refractivity contribution in [1.82, 2.24) is 9.80 Å². The molecule has 0 bridgehead atoms. The molecule has 0 spiro atoms. The van der Waals surface area contributed by atoms with E-state index in [1.807, 2.05) is 35.8 Å². The van der Waals surface area contributed by atoms with Gasteiger partial charge in [0.05, 0.1) is 0 Å². The van der Waals surface area contributed by atoms with Crippen LogP contribution in [0.1, 0.15) is 49.2 Å². The van der Waals surface area contributed by atoms with E-state index < -0.39 is 0 Å². The largest absolute Gasteiger partial charge is 0.489 e. The third-order valence-electron chi connectivity index (χ3n) is 5.62. The second-order valence-corrected chi connectivity index (χ2v) is 9.11. The minimum atomic E-state index is -0.272. The highest BCUT2D eigenvalue weighted by Gasteiger charge is 2.26. The van der Waals surface area contributed by atoms with Crippen LogP contribution in [-0.2, 0) is 17.8 Å². The van der Waals surface area contributed by atoms with Crippen LogP contribution in [0.15, 0.2) is 42.5 Å². The molecule has 6 heteroatoms. The molecule has 1 fully saturated rings. The molecular formula is C26H33FN2O3. The zero-order chi connectivity index (χ0) is 23.3. The second-order valence-electron chi connectivity index (χ2n) is 9.11. The number of hydrogen-bond donors (Lipinski definition) is 0. The molecular weight excluding hydrogens is 407 g/mol. The number of carbonyl (C=O) groups excluding carboxylic acids is 2. The van der Waals surface area contributed by atoms with Crippen LogP contribution in [0.3, 0.4) is 0 Å². The summed E-state index contributed by atoms with van der Waals surface area (Å²) in [6.07, 6.45) is 0.788. The monoisotopic (exact) mass is 440 g/mol. The summed E-state index contributed by atoms with van der Waals surface area (Å²) in [5, 5.41) is 0. The Labute approximate surface area is 190 Å². The summed E-state index contributed by atoms with van der Waals surface area (Å²) >= 11 is 0. The first-order chi connectivity index (χ1) is 15.2. The molecule has 0 aliphatic carbocycles. The van der Waals surface area contributed by atoms with Crippen LogP contribution in [0.4, 0.5) is 4.39 Å². The number of piperazine rings is 1. The van der Waals surface area contributed by atoms with E-state index in [9.17, 15) is 14.0 Å². The highest BCUT2D eigenvalue weighted by molar-refractivity contribution is 5.95. The van der Waals surface area contributed by atoms with E-state index in [1.165, 1.54) is 12.1 Å². The van der Waals surface area contributed by atoms with Gasteiger partial charge in [-0.25, -0.2) is 4.39 Å². The zero-order valence-electron chi connectivity index (χ0n) is 19.4. The Morgan fingerprint density at radius 2 is 1.56 bits per heavy atom. The number of amides is 2. The van der Waals surface area contributed by atoms with E-state index in [0.717, 1.165) is 23.3 Å². The lowest BCUT2D eigenvalue weighted by molar-refractivity contribution is -0.135. The van der Waals surface area contributed by atoms with E-state index in [2.05, 4.69) is 13.8 Å². The lowest BCUT2D eigenvalue weighted by Gasteiger charge is -2.35. The molecule has 32 heavy (non-hydrogen) atoms. The molecule has 3 rings (SSSR count). The Morgan fingerprint density at radius 3 is 2.16 bits per heavy atom. The Balaban J connectivity index is 1.69. The lowest BCUT2D eigenvalue weighted by Crippen LogP contribution is -2.51. The molecule has 0 N–H and O–H groups in total. The number of nitrogens with zero attached hydrogens (tertiary/aromatic N) is 2. The van der Waals surface area contributed by atoms with Crippen LogP contribution in [0, 0.1) is 17.7 Å². The Bertz CT molecular complexity index is 933. The van der Waals surface area contributed by atoms with Gasteiger partial charge in [0, 0.05) is 37.7 Å². The van der Waals surface area contributed by atoms with Crippen LogP contribution in [0.25, 0.3) is 0 Å². The van der Waals surface area contributed by atoms with Gasteiger partial charge in [0.15, 0.2) is 0 Å². The van der Waals surface area contributed by atoms with Gasteiger partial charge in [0.1, 0.15) is 18.2 Å². The minimum absolute atomic E-state index is 0.0169. The zero-order valence-corrected chi connectivity index (χ0v) is 19.4. The van der Waals surface area contributed by atoms with Crippen molar-refractivity contribution in [1.29, 1.82) is 0 Å². The van der Waals surface area contributed by atoms with Crippen LogP contribution in [0.5, 0.6) is 5.75 Å². The first-order valence-electron chi connectivity index (χ1n) is 11.3. The maximum Gasteiger partial charge on any atom is 0.253 e. The molecule has 0 radical (unpaired) electrons. The molecule has 2 aromatic rings. The Kier molecular flexibility index (Phi) is 7.89. The fourth-order valence-corrected chi connectivity index (χ4v) is 3.87. The maximum atomic E-state index is 13.1. The van der Waals surface area contributed by atoms with E-state index >= 15 is 0 Å². The summed E-state index contributed by atoms with van der Waals surface area (Å²) < 4.78 is 19.1. The molecule has 5 nitrogen and oxygen atoms in total. The van der Waals surface area contributed by atoms with Gasteiger partial charge in [-0.05, 0) is 53.8 Å². The van der Waals surface area contributed by atoms with Crippen LogP contribution in [-0.4, -0.2) is 47.8 Å². The van der Waals surface area contributed by atoms with E-state index in [0.29, 0.717) is 44.3 Å². The number of carbonyl (C=O) groups is 2. The van der Waals surface area contributed by atoms with Crippen LogP contribution < -0.4 is 4.74 Å². The third kappa shape index (κ3) is 6.09. The van der Waals surface area contributed by atoms with Gasteiger partial charge in [-0.15, -0.1) is 0 Å². The minimum Gasteiger partial charge on any atom is -0.489 e. The summed E-state index contributed by atoms with van der Waals surface area (Å²) in [4.78, 5) is 29.0. The molecule has 0 unspecified atom stereocenters. The number of halogens is 1. The standard InChI is InChI=1S/C26H33FN2O3/c1-18(2)15-22-16-21(7-10-24(22)32-17-20-5-8-23(27)9-6-20)26(31)29-13-11-28(12-14-29)25(30)19(3)4/h5-10,16,18-19H,11-15,17H2,1-4H3. The van der Waals surface area contributed by atoms with Crippen molar-refractivity contribution in [2.45, 2.75) is 40.7 Å². The predicted octanol–water partition coefficient (Wildman–Crippen LogP) is 4.54. The maximum absolute atomic E-state index is 13.1. The van der Waals surface area contributed by atoms with Crippen molar-refractivity contribution in [3.63, 3.8) is 0 Å². The van der Waals surface area contributed by atoms with Crippen molar-refractivity contribution in [3.05, 3.63) is 65.0 Å². The molecule has 1 aliphatic rings. The molecule has 1 aliphatic heterocycles. The highest BCUT2D eigenvalue weighted by Crippen LogP contribution is 2.25. The summed E-state index contributed by atoms with van der Waals surface area (Å²) in [6.45, 7) is 10.6. The van der Waals surface area contributed by atoms with Gasteiger partial charge >= 0.3 is 0 Å². The van der Waals surface area contributed by atoms with Gasteiger partial charge in [0.2, 0.25) is 5.91 Å². The molecule has 0 saturated carbocycles. The summed E-state index contributed by atoms with van der Waals surface area (Å²) in [6, 6.07) is 11.8. The molecule has 2 amide bonds. The first kappa shape index (κ1) is 23.8. The third-order valence-corrected chi connectivity index (χ3v) is 5.62. The lowest BCUT2D eigenvalue weighted by atomic mass is 9.99. The molecule has 2 aromatic carbocycles. The normalized spacial score (nSPS) is 14.2. The average Bonchev–Trinajstić information content (AvgIpc) is 2.78. The SMILES string of the molecule is CC(C)Cc1cc(C(=O)N2CCN(C(=O)C(C)C)CC2)ccc1OCc1ccc(F)cc1. The summed E-state index contributed by atoms with van der Waals surface area (Å²) in [5.74, 6) is 0.964. The fraction of sp³-hybridized carbons (Fsp3) is 0.462. The van der Waals surface area contributed by atoms with Crippen molar-refractivity contribution in [2.75, 3.05) is 26.2 Å². The number of ether oxygens (including phenoxy) is 1. The van der Waals surface area contributed by atoms with Crippen molar-refractivity contribution >= 4 is 11.8 Å². The van der Waals surface area contributed by atoms with Gasteiger partial charge < -0.3 is 14.5 Å². The van der Waals surface area contributed by atoms with E-state index in [-0.39, 0.29) is 23.5 Å². The Morgan fingerprint density at radius 1 is 0.938 bits per heavy atom.